The number of hydrogen-bond donors (Lipinski definition) is 2. The van der Waals surface area contributed by atoms with Gasteiger partial charge in [-0.25, -0.2) is 0 Å². The average molecular weight is 482 g/mol. The van der Waals surface area contributed by atoms with Crippen molar-refractivity contribution in [2.24, 2.45) is 10.9 Å². The van der Waals surface area contributed by atoms with Crippen molar-refractivity contribution in [2.75, 3.05) is 54.1 Å². The van der Waals surface area contributed by atoms with Gasteiger partial charge >= 0.3 is 0 Å². The van der Waals surface area contributed by atoms with Gasteiger partial charge in [-0.1, -0.05) is 19.3 Å². The minimum atomic E-state index is 0. The van der Waals surface area contributed by atoms with Crippen molar-refractivity contribution in [3.8, 4) is 0 Å². The van der Waals surface area contributed by atoms with Gasteiger partial charge in [0.15, 0.2) is 5.96 Å². The molecule has 0 spiro atoms. The van der Waals surface area contributed by atoms with Crippen molar-refractivity contribution >= 4 is 29.9 Å². The van der Waals surface area contributed by atoms with Crippen LogP contribution in [0.1, 0.15) is 44.9 Å². The summed E-state index contributed by atoms with van der Waals surface area (Å²) < 4.78 is 11.1. The van der Waals surface area contributed by atoms with Crippen molar-refractivity contribution in [3.63, 3.8) is 0 Å². The molecule has 0 bridgehead atoms. The zero-order chi connectivity index (χ0) is 17.9. The van der Waals surface area contributed by atoms with E-state index in [0.717, 1.165) is 57.6 Å². The number of ether oxygens (including phenoxy) is 2. The zero-order valence-electron chi connectivity index (χ0n) is 16.8. The first-order valence-corrected chi connectivity index (χ1v) is 10.0. The second kappa shape index (κ2) is 14.0. The average Bonchev–Trinajstić information content (AvgIpc) is 3.14. The molecular formula is C19H39IN4O2. The predicted molar refractivity (Wildman–Crippen MR) is 119 cm³/mol. The zero-order valence-corrected chi connectivity index (χ0v) is 19.2. The van der Waals surface area contributed by atoms with E-state index in [4.69, 9.17) is 9.47 Å². The van der Waals surface area contributed by atoms with Crippen molar-refractivity contribution in [1.29, 1.82) is 0 Å². The van der Waals surface area contributed by atoms with Gasteiger partial charge < -0.3 is 25.0 Å². The lowest BCUT2D eigenvalue weighted by Crippen LogP contribution is -2.48. The van der Waals surface area contributed by atoms with Crippen LogP contribution in [0.15, 0.2) is 4.99 Å². The molecule has 0 radical (unpaired) electrons. The van der Waals surface area contributed by atoms with Gasteiger partial charge in [0.05, 0.1) is 12.7 Å². The Morgan fingerprint density at radius 3 is 2.58 bits per heavy atom. The van der Waals surface area contributed by atoms with Gasteiger partial charge in [-0.05, 0) is 45.7 Å². The maximum atomic E-state index is 5.80. The fourth-order valence-electron chi connectivity index (χ4n) is 3.88. The Hall–Kier alpha value is -0.120. The van der Waals surface area contributed by atoms with Crippen LogP contribution < -0.4 is 10.6 Å². The quantitative estimate of drug-likeness (QED) is 0.229. The molecule has 2 atom stereocenters. The SMILES string of the molecule is CN=C(NCCCOC1CCOC1)NCC(C1CCCCC1)N(C)C.I. The molecule has 154 valence electrons. The summed E-state index contributed by atoms with van der Waals surface area (Å²) in [5.74, 6) is 1.70. The summed E-state index contributed by atoms with van der Waals surface area (Å²) in [6.07, 6.45) is 9.21. The molecule has 1 aliphatic heterocycles. The number of rotatable bonds is 9. The molecule has 0 aromatic heterocycles. The first-order valence-electron chi connectivity index (χ1n) is 10.0. The molecule has 7 heteroatoms. The Morgan fingerprint density at radius 2 is 1.96 bits per heavy atom. The van der Waals surface area contributed by atoms with Crippen LogP contribution in [0.4, 0.5) is 0 Å². The van der Waals surface area contributed by atoms with Crippen molar-refractivity contribution in [2.45, 2.75) is 57.1 Å². The molecule has 2 aliphatic rings. The van der Waals surface area contributed by atoms with E-state index in [1.807, 2.05) is 7.05 Å². The van der Waals surface area contributed by atoms with Crippen LogP contribution in [0.3, 0.4) is 0 Å². The maximum absolute atomic E-state index is 5.80. The Morgan fingerprint density at radius 1 is 1.19 bits per heavy atom. The molecule has 6 nitrogen and oxygen atoms in total. The smallest absolute Gasteiger partial charge is 0.191 e. The van der Waals surface area contributed by atoms with Gasteiger partial charge in [0.2, 0.25) is 0 Å². The second-order valence-electron chi connectivity index (χ2n) is 7.52. The summed E-state index contributed by atoms with van der Waals surface area (Å²) in [5, 5.41) is 6.92. The molecule has 2 unspecified atom stereocenters. The molecule has 1 heterocycles. The van der Waals surface area contributed by atoms with Gasteiger partial charge in [-0.15, -0.1) is 24.0 Å². The molecule has 1 aliphatic carbocycles. The normalized spacial score (nSPS) is 22.9. The second-order valence-corrected chi connectivity index (χ2v) is 7.52. The van der Waals surface area contributed by atoms with Crippen LogP contribution in [0.25, 0.3) is 0 Å². The summed E-state index contributed by atoms with van der Waals surface area (Å²) in [4.78, 5) is 6.72. The van der Waals surface area contributed by atoms with Crippen LogP contribution in [-0.4, -0.2) is 77.1 Å². The Balaban J connectivity index is 0.00000338. The highest BCUT2D eigenvalue weighted by Gasteiger charge is 2.25. The number of halogens is 1. The molecule has 1 saturated heterocycles. The van der Waals surface area contributed by atoms with E-state index in [-0.39, 0.29) is 24.0 Å². The van der Waals surface area contributed by atoms with Gasteiger partial charge in [-0.3, -0.25) is 4.99 Å². The van der Waals surface area contributed by atoms with E-state index in [0.29, 0.717) is 12.1 Å². The standard InChI is InChI=1S/C19H38N4O2.HI/c1-20-19(21-11-7-12-25-17-10-13-24-15-17)22-14-18(23(2)3)16-8-5-4-6-9-16;/h16-18H,4-15H2,1-3H3,(H2,20,21,22);1H. The van der Waals surface area contributed by atoms with E-state index in [9.17, 15) is 0 Å². The van der Waals surface area contributed by atoms with Crippen LogP contribution in [0.2, 0.25) is 0 Å². The fourth-order valence-corrected chi connectivity index (χ4v) is 3.88. The number of hydrogen-bond acceptors (Lipinski definition) is 4. The van der Waals surface area contributed by atoms with E-state index >= 15 is 0 Å². The molecule has 0 aromatic rings. The lowest BCUT2D eigenvalue weighted by molar-refractivity contribution is 0.0420. The number of guanidine groups is 1. The van der Waals surface area contributed by atoms with E-state index < -0.39 is 0 Å². The van der Waals surface area contributed by atoms with Crippen LogP contribution in [-0.2, 0) is 9.47 Å². The van der Waals surface area contributed by atoms with E-state index in [1.165, 1.54) is 32.1 Å². The minimum Gasteiger partial charge on any atom is -0.379 e. The van der Waals surface area contributed by atoms with Gasteiger partial charge in [0.1, 0.15) is 0 Å². The summed E-state index contributed by atoms with van der Waals surface area (Å²) in [7, 11) is 6.23. The molecule has 0 amide bonds. The number of aliphatic imine (C=N–C) groups is 1. The van der Waals surface area contributed by atoms with Crippen molar-refractivity contribution in [1.82, 2.24) is 15.5 Å². The van der Waals surface area contributed by atoms with Crippen LogP contribution >= 0.6 is 24.0 Å². The monoisotopic (exact) mass is 482 g/mol. The third kappa shape index (κ3) is 8.71. The molecule has 0 aromatic carbocycles. The van der Waals surface area contributed by atoms with Crippen LogP contribution in [0.5, 0.6) is 0 Å². The predicted octanol–water partition coefficient (Wildman–Crippen LogP) is 2.48. The van der Waals surface area contributed by atoms with Gasteiger partial charge in [0, 0.05) is 39.4 Å². The van der Waals surface area contributed by atoms with Crippen molar-refractivity contribution in [3.05, 3.63) is 0 Å². The number of nitrogens with one attached hydrogen (secondary N) is 2. The third-order valence-electron chi connectivity index (χ3n) is 5.41. The van der Waals surface area contributed by atoms with E-state index in [1.54, 1.807) is 0 Å². The van der Waals surface area contributed by atoms with Gasteiger partial charge in [-0.2, -0.15) is 0 Å². The Labute approximate surface area is 176 Å². The first kappa shape index (κ1) is 23.9. The topological polar surface area (TPSA) is 58.1 Å². The minimum absolute atomic E-state index is 0. The summed E-state index contributed by atoms with van der Waals surface area (Å²) in [6, 6.07) is 0.574. The Kier molecular flexibility index (Phi) is 12.8. The molecule has 1 saturated carbocycles. The van der Waals surface area contributed by atoms with Crippen molar-refractivity contribution < 1.29 is 9.47 Å². The lowest BCUT2D eigenvalue weighted by Gasteiger charge is -2.35. The number of nitrogens with zero attached hydrogens (tertiary/aromatic N) is 2. The summed E-state index contributed by atoms with van der Waals surface area (Å²) in [6.45, 7) is 4.20. The molecule has 2 rings (SSSR count). The molecular weight excluding hydrogens is 443 g/mol. The largest absolute Gasteiger partial charge is 0.379 e. The summed E-state index contributed by atoms with van der Waals surface area (Å²) >= 11 is 0. The fraction of sp³-hybridized carbons (Fsp3) is 0.947. The highest BCUT2D eigenvalue weighted by Crippen LogP contribution is 2.28. The molecule has 2 fully saturated rings. The summed E-state index contributed by atoms with van der Waals surface area (Å²) in [5.41, 5.74) is 0. The number of likely N-dealkylation sites (N-methyl/N-ethyl adjacent to an activating group) is 1. The third-order valence-corrected chi connectivity index (χ3v) is 5.41. The maximum Gasteiger partial charge on any atom is 0.191 e. The molecule has 2 N–H and O–H groups in total. The van der Waals surface area contributed by atoms with E-state index in [2.05, 4.69) is 34.6 Å². The molecule has 26 heavy (non-hydrogen) atoms. The lowest BCUT2D eigenvalue weighted by atomic mass is 9.83. The highest BCUT2D eigenvalue weighted by atomic mass is 127. The van der Waals surface area contributed by atoms with Crippen LogP contribution in [0, 0.1) is 5.92 Å². The van der Waals surface area contributed by atoms with Gasteiger partial charge in [0.25, 0.3) is 0 Å². The Bertz CT molecular complexity index is 384. The highest BCUT2D eigenvalue weighted by molar-refractivity contribution is 14.0. The first-order chi connectivity index (χ1) is 12.2.